The van der Waals surface area contributed by atoms with Crippen molar-refractivity contribution in [2.45, 2.75) is 13.0 Å². The topological polar surface area (TPSA) is 30.5 Å². The van der Waals surface area contributed by atoms with Crippen molar-refractivity contribution in [3.05, 3.63) is 52.0 Å². The standard InChI is InChI=1S/C16H15Cl2NO2/c17-12-3-1-4-13(9-12)19-10-11-7-14(18)16-15(8-11)20-5-2-6-21-16/h1,3-4,7-9,19H,2,5-6,10H2. The number of nitrogens with one attached hydrogen (secondary N) is 1. The van der Waals surface area contributed by atoms with Crippen molar-refractivity contribution in [3.63, 3.8) is 0 Å². The summed E-state index contributed by atoms with van der Waals surface area (Å²) in [7, 11) is 0. The van der Waals surface area contributed by atoms with E-state index in [-0.39, 0.29) is 0 Å². The Morgan fingerprint density at radius 1 is 1.05 bits per heavy atom. The third-order valence-electron chi connectivity index (χ3n) is 3.18. The first kappa shape index (κ1) is 14.4. The average Bonchev–Trinajstić information content (AvgIpc) is 2.71. The maximum Gasteiger partial charge on any atom is 0.179 e. The monoisotopic (exact) mass is 323 g/mol. The predicted molar refractivity (Wildman–Crippen MR) is 85.8 cm³/mol. The number of fused-ring (bicyclic) bond motifs is 1. The van der Waals surface area contributed by atoms with Crippen LogP contribution in [-0.4, -0.2) is 13.2 Å². The van der Waals surface area contributed by atoms with E-state index in [0.29, 0.717) is 41.3 Å². The van der Waals surface area contributed by atoms with Crippen LogP contribution in [0, 0.1) is 0 Å². The van der Waals surface area contributed by atoms with Gasteiger partial charge < -0.3 is 14.8 Å². The zero-order valence-electron chi connectivity index (χ0n) is 11.4. The van der Waals surface area contributed by atoms with Crippen LogP contribution >= 0.6 is 23.2 Å². The van der Waals surface area contributed by atoms with Gasteiger partial charge in [-0.15, -0.1) is 0 Å². The molecule has 0 radical (unpaired) electrons. The lowest BCUT2D eigenvalue weighted by atomic mass is 10.2. The highest BCUT2D eigenvalue weighted by Gasteiger charge is 2.15. The molecule has 0 saturated carbocycles. The molecule has 1 aliphatic rings. The largest absolute Gasteiger partial charge is 0.489 e. The third-order valence-corrected chi connectivity index (χ3v) is 3.70. The van der Waals surface area contributed by atoms with Crippen LogP contribution in [-0.2, 0) is 6.54 Å². The van der Waals surface area contributed by atoms with E-state index in [2.05, 4.69) is 5.32 Å². The summed E-state index contributed by atoms with van der Waals surface area (Å²) < 4.78 is 11.3. The van der Waals surface area contributed by atoms with Gasteiger partial charge in [0.2, 0.25) is 0 Å². The summed E-state index contributed by atoms with van der Waals surface area (Å²) in [6.45, 7) is 1.91. The van der Waals surface area contributed by atoms with Crippen LogP contribution in [0.2, 0.25) is 10.0 Å². The molecule has 5 heteroatoms. The Balaban J connectivity index is 1.77. The summed E-state index contributed by atoms with van der Waals surface area (Å²) in [4.78, 5) is 0. The molecule has 0 aliphatic carbocycles. The summed E-state index contributed by atoms with van der Waals surface area (Å²) in [6, 6.07) is 11.5. The Morgan fingerprint density at radius 3 is 2.76 bits per heavy atom. The number of hydrogen-bond acceptors (Lipinski definition) is 3. The summed E-state index contributed by atoms with van der Waals surface area (Å²) in [5.74, 6) is 1.35. The lowest BCUT2D eigenvalue weighted by molar-refractivity contribution is 0.297. The molecule has 0 spiro atoms. The van der Waals surface area contributed by atoms with Crippen LogP contribution in [0.1, 0.15) is 12.0 Å². The molecule has 1 N–H and O–H groups in total. The summed E-state index contributed by atoms with van der Waals surface area (Å²) in [5.41, 5.74) is 2.00. The van der Waals surface area contributed by atoms with Crippen molar-refractivity contribution in [2.75, 3.05) is 18.5 Å². The van der Waals surface area contributed by atoms with E-state index in [0.717, 1.165) is 17.7 Å². The molecular formula is C16H15Cl2NO2. The number of halogens is 2. The van der Waals surface area contributed by atoms with Crippen molar-refractivity contribution in [1.82, 2.24) is 0 Å². The molecule has 1 heterocycles. The van der Waals surface area contributed by atoms with E-state index >= 15 is 0 Å². The molecule has 0 atom stereocenters. The van der Waals surface area contributed by atoms with E-state index in [1.165, 1.54) is 0 Å². The lowest BCUT2D eigenvalue weighted by Gasteiger charge is -2.12. The number of rotatable bonds is 3. The lowest BCUT2D eigenvalue weighted by Crippen LogP contribution is -2.01. The van der Waals surface area contributed by atoms with Gasteiger partial charge in [0.25, 0.3) is 0 Å². The Bertz CT molecular complexity index is 646. The van der Waals surface area contributed by atoms with Crippen LogP contribution in [0.4, 0.5) is 5.69 Å². The van der Waals surface area contributed by atoms with Gasteiger partial charge in [0, 0.05) is 23.7 Å². The van der Waals surface area contributed by atoms with Gasteiger partial charge >= 0.3 is 0 Å². The average molecular weight is 324 g/mol. The molecule has 0 fully saturated rings. The van der Waals surface area contributed by atoms with Gasteiger partial charge in [-0.05, 0) is 35.9 Å². The Kier molecular flexibility index (Phi) is 4.42. The van der Waals surface area contributed by atoms with Crippen LogP contribution in [0.15, 0.2) is 36.4 Å². The third kappa shape index (κ3) is 3.55. The minimum Gasteiger partial charge on any atom is -0.489 e. The molecule has 2 aromatic carbocycles. The molecule has 3 nitrogen and oxygen atoms in total. The van der Waals surface area contributed by atoms with Crippen LogP contribution in [0.25, 0.3) is 0 Å². The van der Waals surface area contributed by atoms with Crippen molar-refractivity contribution in [3.8, 4) is 11.5 Å². The maximum atomic E-state index is 6.27. The van der Waals surface area contributed by atoms with Gasteiger partial charge in [-0.2, -0.15) is 0 Å². The smallest absolute Gasteiger partial charge is 0.179 e. The van der Waals surface area contributed by atoms with Crippen LogP contribution in [0.3, 0.4) is 0 Å². The Morgan fingerprint density at radius 2 is 1.90 bits per heavy atom. The molecule has 21 heavy (non-hydrogen) atoms. The minimum atomic E-state index is 0.581. The zero-order chi connectivity index (χ0) is 14.7. The molecule has 0 saturated heterocycles. The minimum absolute atomic E-state index is 0.581. The number of anilines is 1. The quantitative estimate of drug-likeness (QED) is 0.882. The Labute approximate surface area is 133 Å². The van der Waals surface area contributed by atoms with E-state index in [4.69, 9.17) is 32.7 Å². The molecule has 0 bridgehead atoms. The number of hydrogen-bond donors (Lipinski definition) is 1. The van der Waals surface area contributed by atoms with Crippen molar-refractivity contribution < 1.29 is 9.47 Å². The summed E-state index contributed by atoms with van der Waals surface area (Å²) >= 11 is 12.2. The van der Waals surface area contributed by atoms with Crippen molar-refractivity contribution in [1.29, 1.82) is 0 Å². The molecule has 1 aliphatic heterocycles. The van der Waals surface area contributed by atoms with Gasteiger partial charge in [0.1, 0.15) is 0 Å². The van der Waals surface area contributed by atoms with Gasteiger partial charge in [-0.25, -0.2) is 0 Å². The second-order valence-electron chi connectivity index (χ2n) is 4.82. The van der Waals surface area contributed by atoms with E-state index in [1.54, 1.807) is 0 Å². The molecule has 2 aromatic rings. The Hall–Kier alpha value is -1.58. The number of benzene rings is 2. The highest BCUT2D eigenvalue weighted by atomic mass is 35.5. The predicted octanol–water partition coefficient (Wildman–Crippen LogP) is 4.77. The van der Waals surface area contributed by atoms with Crippen LogP contribution < -0.4 is 14.8 Å². The fourth-order valence-corrected chi connectivity index (χ4v) is 2.67. The van der Waals surface area contributed by atoms with Gasteiger partial charge in [-0.3, -0.25) is 0 Å². The van der Waals surface area contributed by atoms with Crippen LogP contribution in [0.5, 0.6) is 11.5 Å². The second kappa shape index (κ2) is 6.46. The van der Waals surface area contributed by atoms with Crippen molar-refractivity contribution in [2.24, 2.45) is 0 Å². The second-order valence-corrected chi connectivity index (χ2v) is 5.66. The highest BCUT2D eigenvalue weighted by Crippen LogP contribution is 2.38. The first-order valence-electron chi connectivity index (χ1n) is 6.80. The van der Waals surface area contributed by atoms with E-state index in [9.17, 15) is 0 Å². The fraction of sp³-hybridized carbons (Fsp3) is 0.250. The molecular weight excluding hydrogens is 309 g/mol. The molecule has 0 aromatic heterocycles. The molecule has 0 amide bonds. The number of ether oxygens (including phenoxy) is 2. The van der Waals surface area contributed by atoms with Crippen molar-refractivity contribution >= 4 is 28.9 Å². The molecule has 3 rings (SSSR count). The first-order valence-corrected chi connectivity index (χ1v) is 7.55. The fourth-order valence-electron chi connectivity index (χ4n) is 2.19. The molecule has 0 unspecified atom stereocenters. The van der Waals surface area contributed by atoms with Gasteiger partial charge in [0.05, 0.1) is 18.2 Å². The molecule has 110 valence electrons. The summed E-state index contributed by atoms with van der Waals surface area (Å²) in [6.07, 6.45) is 0.862. The zero-order valence-corrected chi connectivity index (χ0v) is 12.9. The maximum absolute atomic E-state index is 6.27. The first-order chi connectivity index (χ1) is 10.2. The van der Waals surface area contributed by atoms with Gasteiger partial charge in [-0.1, -0.05) is 29.3 Å². The summed E-state index contributed by atoms with van der Waals surface area (Å²) in [5, 5.41) is 4.60. The highest BCUT2D eigenvalue weighted by molar-refractivity contribution is 6.32. The van der Waals surface area contributed by atoms with Gasteiger partial charge in [0.15, 0.2) is 11.5 Å². The van der Waals surface area contributed by atoms with E-state index < -0.39 is 0 Å². The SMILES string of the molecule is Clc1cccc(NCc2cc(Cl)c3c(c2)OCCCO3)c1. The van der Waals surface area contributed by atoms with E-state index in [1.807, 2.05) is 36.4 Å². The normalized spacial score (nSPS) is 13.6.